The molecule has 1 heterocycles. The van der Waals surface area contributed by atoms with Crippen LogP contribution in [0.4, 0.5) is 0 Å². The van der Waals surface area contributed by atoms with Crippen LogP contribution in [0.2, 0.25) is 0 Å². The Labute approximate surface area is 111 Å². The highest BCUT2D eigenvalue weighted by Crippen LogP contribution is 2.45. The van der Waals surface area contributed by atoms with Crippen LogP contribution in [0.3, 0.4) is 0 Å². The Kier molecular flexibility index (Phi) is 4.35. The van der Waals surface area contributed by atoms with Gasteiger partial charge in [-0.3, -0.25) is 0 Å². The van der Waals surface area contributed by atoms with E-state index in [1.807, 2.05) is 0 Å². The Hall–Kier alpha value is -0.120. The van der Waals surface area contributed by atoms with Crippen LogP contribution in [-0.4, -0.2) is 37.1 Å². The predicted octanol–water partition coefficient (Wildman–Crippen LogP) is 2.76. The maximum Gasteiger partial charge on any atom is 0.0939 e. The fraction of sp³-hybridized carbons (Fsp3) is 1.00. The lowest BCUT2D eigenvalue weighted by Gasteiger charge is -2.47. The van der Waals surface area contributed by atoms with E-state index in [9.17, 15) is 5.11 Å². The Bertz CT molecular complexity index is 259. The normalized spacial score (nSPS) is 30.0. The summed E-state index contributed by atoms with van der Waals surface area (Å²) in [5.74, 6) is 0.347. The van der Waals surface area contributed by atoms with Gasteiger partial charge in [-0.15, -0.1) is 0 Å². The van der Waals surface area contributed by atoms with Crippen LogP contribution in [-0.2, 0) is 9.47 Å². The molecule has 3 nitrogen and oxygen atoms in total. The van der Waals surface area contributed by atoms with E-state index in [1.165, 1.54) is 0 Å². The van der Waals surface area contributed by atoms with E-state index < -0.39 is 0 Å². The average molecular weight is 256 g/mol. The second-order valence-electron chi connectivity index (χ2n) is 6.83. The minimum absolute atomic E-state index is 0.308. The molecular formula is C15H28O3. The SMILES string of the molecule is COC1(C(O)C2CCOCC2)CCC(C)(C)CC1. The van der Waals surface area contributed by atoms with Gasteiger partial charge in [0.05, 0.1) is 11.7 Å². The topological polar surface area (TPSA) is 38.7 Å². The third-order valence-electron chi connectivity index (χ3n) is 5.11. The monoisotopic (exact) mass is 256 g/mol. The minimum Gasteiger partial charge on any atom is -0.390 e. The summed E-state index contributed by atoms with van der Waals surface area (Å²) in [4.78, 5) is 0. The number of aliphatic hydroxyl groups excluding tert-OH is 1. The van der Waals surface area contributed by atoms with Gasteiger partial charge in [-0.1, -0.05) is 13.8 Å². The fourth-order valence-corrected chi connectivity index (χ4v) is 3.43. The first-order chi connectivity index (χ1) is 8.49. The van der Waals surface area contributed by atoms with Crippen molar-refractivity contribution in [2.75, 3.05) is 20.3 Å². The van der Waals surface area contributed by atoms with Crippen LogP contribution in [0.15, 0.2) is 0 Å². The third kappa shape index (κ3) is 2.89. The van der Waals surface area contributed by atoms with Crippen molar-refractivity contribution in [3.05, 3.63) is 0 Å². The molecule has 0 aromatic rings. The van der Waals surface area contributed by atoms with Crippen LogP contribution in [0.25, 0.3) is 0 Å². The summed E-state index contributed by atoms with van der Waals surface area (Å²) in [5, 5.41) is 10.7. The molecule has 0 amide bonds. The fourth-order valence-electron chi connectivity index (χ4n) is 3.43. The van der Waals surface area contributed by atoms with Gasteiger partial charge in [0, 0.05) is 20.3 Å². The van der Waals surface area contributed by atoms with E-state index in [4.69, 9.17) is 9.47 Å². The molecule has 1 unspecified atom stereocenters. The zero-order chi connectivity index (χ0) is 13.2. The van der Waals surface area contributed by atoms with Crippen LogP contribution in [0, 0.1) is 11.3 Å². The first-order valence-electron chi connectivity index (χ1n) is 7.30. The van der Waals surface area contributed by atoms with Crippen molar-refractivity contribution in [2.24, 2.45) is 11.3 Å². The van der Waals surface area contributed by atoms with Gasteiger partial charge in [0.15, 0.2) is 0 Å². The van der Waals surface area contributed by atoms with Crippen molar-refractivity contribution in [3.8, 4) is 0 Å². The van der Waals surface area contributed by atoms with Gasteiger partial charge in [0.1, 0.15) is 0 Å². The molecular weight excluding hydrogens is 228 g/mol. The molecule has 1 N–H and O–H groups in total. The first-order valence-corrected chi connectivity index (χ1v) is 7.30. The molecule has 2 fully saturated rings. The zero-order valence-electron chi connectivity index (χ0n) is 12.1. The smallest absolute Gasteiger partial charge is 0.0939 e. The van der Waals surface area contributed by atoms with Gasteiger partial charge < -0.3 is 14.6 Å². The standard InChI is InChI=1S/C15H28O3/c1-14(2)6-8-15(17-3,9-7-14)13(16)12-4-10-18-11-5-12/h12-13,16H,4-11H2,1-3H3. The number of rotatable bonds is 3. The van der Waals surface area contributed by atoms with Gasteiger partial charge in [-0.25, -0.2) is 0 Å². The summed E-state index contributed by atoms with van der Waals surface area (Å²) < 4.78 is 11.2. The molecule has 0 aromatic heterocycles. The maximum atomic E-state index is 10.7. The second-order valence-corrected chi connectivity index (χ2v) is 6.83. The average Bonchev–Trinajstić information content (AvgIpc) is 2.40. The summed E-state index contributed by atoms with van der Waals surface area (Å²) in [7, 11) is 1.76. The lowest BCUT2D eigenvalue weighted by molar-refractivity contribution is -0.163. The quantitative estimate of drug-likeness (QED) is 0.844. The molecule has 18 heavy (non-hydrogen) atoms. The first kappa shape index (κ1) is 14.3. The zero-order valence-corrected chi connectivity index (χ0v) is 12.1. The highest BCUT2D eigenvalue weighted by Gasteiger charge is 2.46. The van der Waals surface area contributed by atoms with Gasteiger partial charge in [-0.05, 0) is 49.9 Å². The largest absolute Gasteiger partial charge is 0.390 e. The summed E-state index contributed by atoms with van der Waals surface area (Å²) >= 11 is 0. The van der Waals surface area contributed by atoms with Gasteiger partial charge >= 0.3 is 0 Å². The predicted molar refractivity (Wildman–Crippen MR) is 71.5 cm³/mol. The van der Waals surface area contributed by atoms with Crippen LogP contribution < -0.4 is 0 Å². The summed E-state index contributed by atoms with van der Waals surface area (Å²) in [6.07, 6.45) is 5.85. The highest BCUT2D eigenvalue weighted by atomic mass is 16.5. The molecule has 0 spiro atoms. The van der Waals surface area contributed by atoms with Crippen LogP contribution in [0.1, 0.15) is 52.4 Å². The van der Waals surface area contributed by atoms with Crippen LogP contribution >= 0.6 is 0 Å². The third-order valence-corrected chi connectivity index (χ3v) is 5.11. The van der Waals surface area contributed by atoms with Gasteiger partial charge in [0.25, 0.3) is 0 Å². The Morgan fingerprint density at radius 3 is 2.17 bits per heavy atom. The van der Waals surface area contributed by atoms with Gasteiger partial charge in [0.2, 0.25) is 0 Å². The molecule has 106 valence electrons. The Balaban J connectivity index is 2.02. The minimum atomic E-state index is -0.331. The van der Waals surface area contributed by atoms with E-state index >= 15 is 0 Å². The number of hydrogen-bond acceptors (Lipinski definition) is 3. The highest BCUT2D eigenvalue weighted by molar-refractivity contribution is 4.98. The van der Waals surface area contributed by atoms with Crippen LogP contribution in [0.5, 0.6) is 0 Å². The molecule has 1 saturated carbocycles. The number of methoxy groups -OCH3 is 1. The van der Waals surface area contributed by atoms with E-state index in [-0.39, 0.29) is 11.7 Å². The molecule has 2 aliphatic rings. The van der Waals surface area contributed by atoms with E-state index in [0.717, 1.165) is 51.7 Å². The molecule has 3 heteroatoms. The summed E-state index contributed by atoms with van der Waals surface area (Å²) in [6, 6.07) is 0. The lowest BCUT2D eigenvalue weighted by atomic mass is 9.66. The molecule has 0 aromatic carbocycles. The molecule has 1 aliphatic heterocycles. The molecule has 1 saturated heterocycles. The van der Waals surface area contributed by atoms with Crippen molar-refractivity contribution < 1.29 is 14.6 Å². The molecule has 1 aliphatic carbocycles. The summed E-state index contributed by atoms with van der Waals surface area (Å²) in [5.41, 5.74) is 0.0922. The molecule has 0 radical (unpaired) electrons. The number of aliphatic hydroxyl groups is 1. The Morgan fingerprint density at radius 1 is 1.11 bits per heavy atom. The maximum absolute atomic E-state index is 10.7. The van der Waals surface area contributed by atoms with E-state index in [1.54, 1.807) is 7.11 Å². The van der Waals surface area contributed by atoms with Crippen molar-refractivity contribution >= 4 is 0 Å². The van der Waals surface area contributed by atoms with E-state index in [0.29, 0.717) is 11.3 Å². The van der Waals surface area contributed by atoms with Gasteiger partial charge in [-0.2, -0.15) is 0 Å². The second kappa shape index (κ2) is 5.48. The summed E-state index contributed by atoms with van der Waals surface area (Å²) in [6.45, 7) is 6.20. The lowest BCUT2D eigenvalue weighted by Crippen LogP contribution is -2.52. The van der Waals surface area contributed by atoms with Crippen molar-refractivity contribution in [3.63, 3.8) is 0 Å². The van der Waals surface area contributed by atoms with Crippen molar-refractivity contribution in [2.45, 2.75) is 64.1 Å². The number of ether oxygens (including phenoxy) is 2. The Morgan fingerprint density at radius 2 is 1.67 bits per heavy atom. The molecule has 0 bridgehead atoms. The van der Waals surface area contributed by atoms with E-state index in [2.05, 4.69) is 13.8 Å². The van der Waals surface area contributed by atoms with Crippen molar-refractivity contribution in [1.82, 2.24) is 0 Å². The number of hydrogen-bond donors (Lipinski definition) is 1. The van der Waals surface area contributed by atoms with Crippen molar-refractivity contribution in [1.29, 1.82) is 0 Å². The molecule has 2 rings (SSSR count). The molecule has 1 atom stereocenters.